The van der Waals surface area contributed by atoms with Crippen molar-refractivity contribution in [3.8, 4) is 11.1 Å². The molecule has 0 radical (unpaired) electrons. The number of ether oxygens (including phenoxy) is 3. The molecule has 4 nitrogen and oxygen atoms in total. The molecule has 2 heterocycles. The van der Waals surface area contributed by atoms with Crippen molar-refractivity contribution in [1.29, 1.82) is 0 Å². The lowest BCUT2D eigenvalue weighted by Gasteiger charge is -2.54. The maximum absolute atomic E-state index is 5.77. The van der Waals surface area contributed by atoms with E-state index in [1.165, 1.54) is 35.1 Å². The van der Waals surface area contributed by atoms with Gasteiger partial charge in [-0.05, 0) is 82.2 Å². The Labute approximate surface area is 206 Å². The minimum atomic E-state index is -0.513. The van der Waals surface area contributed by atoms with Crippen LogP contribution in [0.1, 0.15) is 83.3 Å². The van der Waals surface area contributed by atoms with E-state index in [1.807, 2.05) is 0 Å². The zero-order valence-electron chi connectivity index (χ0n) is 22.0. The quantitative estimate of drug-likeness (QED) is 0.414. The van der Waals surface area contributed by atoms with Crippen LogP contribution in [0.2, 0.25) is 0 Å². The Morgan fingerprint density at radius 1 is 0.794 bits per heavy atom. The Morgan fingerprint density at radius 2 is 1.26 bits per heavy atom. The molecule has 0 atom stereocenters. The molecule has 0 saturated carbocycles. The number of piperidine rings is 1. The average molecular weight is 466 g/mol. The molecular formula is C30H43NO3. The van der Waals surface area contributed by atoms with Crippen LogP contribution < -0.4 is 0 Å². The van der Waals surface area contributed by atoms with Crippen molar-refractivity contribution in [2.24, 2.45) is 0 Å². The SMILES string of the molecule is CCCCOC1OCC(c2ccc(-c3ccc(C4CC(C)(C)N(C)C(C)(C)C4)cc3)cc2)CO1. The van der Waals surface area contributed by atoms with Gasteiger partial charge in [0.25, 0.3) is 6.48 Å². The number of nitrogens with zero attached hydrogens (tertiary/aromatic N) is 1. The van der Waals surface area contributed by atoms with Crippen LogP contribution in [0.5, 0.6) is 0 Å². The highest BCUT2D eigenvalue weighted by atomic mass is 16.8. The van der Waals surface area contributed by atoms with Crippen molar-refractivity contribution in [3.05, 3.63) is 59.7 Å². The molecule has 2 aromatic carbocycles. The van der Waals surface area contributed by atoms with Gasteiger partial charge in [-0.3, -0.25) is 4.90 Å². The molecule has 186 valence electrons. The summed E-state index contributed by atoms with van der Waals surface area (Å²) >= 11 is 0. The van der Waals surface area contributed by atoms with Crippen molar-refractivity contribution in [3.63, 3.8) is 0 Å². The van der Waals surface area contributed by atoms with Crippen LogP contribution >= 0.6 is 0 Å². The van der Waals surface area contributed by atoms with Gasteiger partial charge in [-0.15, -0.1) is 0 Å². The number of rotatable bonds is 7. The van der Waals surface area contributed by atoms with E-state index >= 15 is 0 Å². The number of likely N-dealkylation sites (tertiary alicyclic amines) is 1. The van der Waals surface area contributed by atoms with Crippen molar-refractivity contribution in [2.75, 3.05) is 26.9 Å². The molecule has 2 aromatic rings. The summed E-state index contributed by atoms with van der Waals surface area (Å²) in [4.78, 5) is 2.55. The minimum absolute atomic E-state index is 0.203. The van der Waals surface area contributed by atoms with E-state index in [0.717, 1.165) is 12.8 Å². The van der Waals surface area contributed by atoms with Crippen LogP contribution in [0.4, 0.5) is 0 Å². The highest BCUT2D eigenvalue weighted by Gasteiger charge is 2.43. The summed E-state index contributed by atoms with van der Waals surface area (Å²) in [7, 11) is 2.27. The largest absolute Gasteiger partial charge is 0.330 e. The lowest BCUT2D eigenvalue weighted by Crippen LogP contribution is -2.58. The molecule has 0 aliphatic carbocycles. The smallest absolute Gasteiger partial charge is 0.271 e. The maximum Gasteiger partial charge on any atom is 0.271 e. The Bertz CT molecular complexity index is 893. The first-order valence-electron chi connectivity index (χ1n) is 13.0. The van der Waals surface area contributed by atoms with Gasteiger partial charge in [0.1, 0.15) is 0 Å². The van der Waals surface area contributed by atoms with E-state index in [9.17, 15) is 0 Å². The Balaban J connectivity index is 1.37. The molecular weight excluding hydrogens is 422 g/mol. The molecule has 0 amide bonds. The monoisotopic (exact) mass is 465 g/mol. The van der Waals surface area contributed by atoms with E-state index < -0.39 is 6.48 Å². The third-order valence-corrected chi connectivity index (χ3v) is 8.02. The molecule has 2 aliphatic heterocycles. The van der Waals surface area contributed by atoms with Crippen molar-refractivity contribution < 1.29 is 14.2 Å². The minimum Gasteiger partial charge on any atom is -0.330 e. The Hall–Kier alpha value is -1.72. The number of hydrogen-bond donors (Lipinski definition) is 0. The summed E-state index contributed by atoms with van der Waals surface area (Å²) in [5.74, 6) is 0.845. The fraction of sp³-hybridized carbons (Fsp3) is 0.600. The molecule has 34 heavy (non-hydrogen) atoms. The predicted molar refractivity (Wildman–Crippen MR) is 139 cm³/mol. The maximum atomic E-state index is 5.77. The molecule has 2 fully saturated rings. The molecule has 0 aromatic heterocycles. The van der Waals surface area contributed by atoms with Gasteiger partial charge in [0.2, 0.25) is 0 Å². The van der Waals surface area contributed by atoms with Crippen molar-refractivity contribution >= 4 is 0 Å². The molecule has 0 bridgehead atoms. The first kappa shape index (κ1) is 25.4. The zero-order chi connectivity index (χ0) is 24.3. The fourth-order valence-electron chi connectivity index (χ4n) is 5.60. The zero-order valence-corrected chi connectivity index (χ0v) is 22.0. The third kappa shape index (κ3) is 5.73. The van der Waals surface area contributed by atoms with Gasteiger partial charge in [-0.1, -0.05) is 61.9 Å². The van der Waals surface area contributed by atoms with Crippen LogP contribution in [0.15, 0.2) is 48.5 Å². The number of unbranched alkanes of at least 4 members (excludes halogenated alkanes) is 1. The van der Waals surface area contributed by atoms with Gasteiger partial charge in [-0.2, -0.15) is 0 Å². The van der Waals surface area contributed by atoms with Crippen molar-refractivity contribution in [1.82, 2.24) is 4.90 Å². The standard InChI is InChI=1S/C30H43NO3/c1-7-8-17-32-28-33-20-27(21-34-28)25-15-11-23(12-16-25)22-9-13-24(14-10-22)26-18-29(2,3)31(6)30(4,5)19-26/h9-16,26-28H,7-8,17-21H2,1-6H3. The first-order valence-corrected chi connectivity index (χ1v) is 13.0. The van der Waals surface area contributed by atoms with Crippen molar-refractivity contribution in [2.45, 2.75) is 89.7 Å². The second-order valence-corrected chi connectivity index (χ2v) is 11.4. The Kier molecular flexibility index (Phi) is 7.83. The highest BCUT2D eigenvalue weighted by molar-refractivity contribution is 5.64. The van der Waals surface area contributed by atoms with Crippen LogP contribution in [-0.4, -0.2) is 49.3 Å². The third-order valence-electron chi connectivity index (χ3n) is 8.02. The predicted octanol–water partition coefficient (Wildman–Crippen LogP) is 6.95. The van der Waals surface area contributed by atoms with Gasteiger partial charge in [-0.25, -0.2) is 0 Å². The second kappa shape index (κ2) is 10.5. The van der Waals surface area contributed by atoms with E-state index in [4.69, 9.17) is 14.2 Å². The van der Waals surface area contributed by atoms with Crippen LogP contribution in [0.3, 0.4) is 0 Å². The van der Waals surface area contributed by atoms with E-state index in [-0.39, 0.29) is 17.0 Å². The number of benzene rings is 2. The molecule has 0 spiro atoms. The summed E-state index contributed by atoms with van der Waals surface area (Å²) < 4.78 is 17.2. The van der Waals surface area contributed by atoms with Gasteiger partial charge >= 0.3 is 0 Å². The molecule has 0 N–H and O–H groups in total. The van der Waals surface area contributed by atoms with Crippen LogP contribution in [0.25, 0.3) is 11.1 Å². The summed E-state index contributed by atoms with van der Waals surface area (Å²) in [6.07, 6.45) is 4.52. The van der Waals surface area contributed by atoms with Crippen LogP contribution in [0, 0.1) is 0 Å². The summed E-state index contributed by atoms with van der Waals surface area (Å²) in [6.45, 7) is 13.1. The van der Waals surface area contributed by atoms with Crippen LogP contribution in [-0.2, 0) is 14.2 Å². The lowest BCUT2D eigenvalue weighted by atomic mass is 9.71. The first-order chi connectivity index (χ1) is 16.2. The van der Waals surface area contributed by atoms with Gasteiger partial charge in [0.05, 0.1) is 19.8 Å². The fourth-order valence-corrected chi connectivity index (χ4v) is 5.60. The van der Waals surface area contributed by atoms with Gasteiger partial charge in [0, 0.05) is 17.0 Å². The van der Waals surface area contributed by atoms with E-state index in [1.54, 1.807) is 0 Å². The van der Waals surface area contributed by atoms with Gasteiger partial charge in [0.15, 0.2) is 0 Å². The normalized spacial score (nSPS) is 25.4. The number of hydrogen-bond acceptors (Lipinski definition) is 4. The average Bonchev–Trinajstić information content (AvgIpc) is 2.83. The molecule has 0 unspecified atom stereocenters. The second-order valence-electron chi connectivity index (χ2n) is 11.4. The Morgan fingerprint density at radius 3 is 1.74 bits per heavy atom. The molecule has 2 saturated heterocycles. The highest BCUT2D eigenvalue weighted by Crippen LogP contribution is 2.44. The summed E-state index contributed by atoms with van der Waals surface area (Å²) in [6, 6.07) is 18.1. The van der Waals surface area contributed by atoms with Gasteiger partial charge < -0.3 is 14.2 Å². The summed E-state index contributed by atoms with van der Waals surface area (Å²) in [5.41, 5.74) is 5.63. The molecule has 4 rings (SSSR count). The molecule has 2 aliphatic rings. The molecule has 4 heteroatoms. The summed E-state index contributed by atoms with van der Waals surface area (Å²) in [5, 5.41) is 0. The van der Waals surface area contributed by atoms with E-state index in [0.29, 0.717) is 25.7 Å². The van der Waals surface area contributed by atoms with E-state index in [2.05, 4.69) is 95.1 Å². The topological polar surface area (TPSA) is 30.9 Å². The lowest BCUT2D eigenvalue weighted by molar-refractivity contribution is -0.314.